The summed E-state index contributed by atoms with van der Waals surface area (Å²) < 4.78 is 0. The highest BCUT2D eigenvalue weighted by Crippen LogP contribution is 1.97. The summed E-state index contributed by atoms with van der Waals surface area (Å²) in [6, 6.07) is 1.25. The van der Waals surface area contributed by atoms with Crippen LogP contribution in [0.5, 0.6) is 0 Å². The molecule has 2 nitrogen and oxygen atoms in total. The van der Waals surface area contributed by atoms with Gasteiger partial charge in [-0.25, -0.2) is 0 Å². The molecule has 0 saturated heterocycles. The average molecular weight is 154 g/mol. The van der Waals surface area contributed by atoms with Crippen LogP contribution in [0.25, 0.3) is 0 Å². The molecule has 1 N–H and O–H groups in total. The largest absolute Gasteiger partial charge is 0.351 e. The SMILES string of the molecule is C#Cc1c[nH]c(Cl)cc1=O. The number of halogens is 1. The van der Waals surface area contributed by atoms with Crippen molar-refractivity contribution >= 4 is 11.6 Å². The standard InChI is InChI=1S/C7H4ClNO/c1-2-5-4-9-7(8)3-6(5)10/h1,3-4H,(H,9,10). The number of hydrogen-bond donors (Lipinski definition) is 1. The lowest BCUT2D eigenvalue weighted by molar-refractivity contribution is 1.29. The highest BCUT2D eigenvalue weighted by molar-refractivity contribution is 6.29. The van der Waals surface area contributed by atoms with Crippen molar-refractivity contribution in [2.45, 2.75) is 0 Å². The third-order valence-electron chi connectivity index (χ3n) is 1.03. The number of nitrogens with one attached hydrogen (secondary N) is 1. The van der Waals surface area contributed by atoms with Crippen LogP contribution >= 0.6 is 11.6 Å². The molecule has 1 heterocycles. The van der Waals surface area contributed by atoms with E-state index in [1.54, 1.807) is 0 Å². The van der Waals surface area contributed by atoms with E-state index in [2.05, 4.69) is 10.9 Å². The molecule has 0 bridgehead atoms. The van der Waals surface area contributed by atoms with Gasteiger partial charge in [0.05, 0.1) is 5.56 Å². The van der Waals surface area contributed by atoms with E-state index in [9.17, 15) is 4.79 Å². The van der Waals surface area contributed by atoms with Crippen LogP contribution in [0.4, 0.5) is 0 Å². The van der Waals surface area contributed by atoms with E-state index in [-0.39, 0.29) is 5.43 Å². The average Bonchev–Trinajstić information content (AvgIpc) is 1.88. The number of terminal acetylenes is 1. The van der Waals surface area contributed by atoms with Crippen LogP contribution in [-0.2, 0) is 0 Å². The molecule has 0 aliphatic rings. The zero-order valence-electron chi connectivity index (χ0n) is 5.02. The van der Waals surface area contributed by atoms with Crippen molar-refractivity contribution in [1.29, 1.82) is 0 Å². The van der Waals surface area contributed by atoms with Crippen molar-refractivity contribution in [1.82, 2.24) is 4.98 Å². The first-order chi connectivity index (χ1) is 4.74. The topological polar surface area (TPSA) is 32.9 Å². The van der Waals surface area contributed by atoms with Crippen molar-refractivity contribution in [2.24, 2.45) is 0 Å². The van der Waals surface area contributed by atoms with E-state index >= 15 is 0 Å². The number of H-pyrrole nitrogens is 1. The van der Waals surface area contributed by atoms with Gasteiger partial charge in [-0.05, 0) is 0 Å². The maximum absolute atomic E-state index is 10.8. The Hall–Kier alpha value is -1.20. The van der Waals surface area contributed by atoms with Crippen molar-refractivity contribution < 1.29 is 0 Å². The second-order valence-corrected chi connectivity index (χ2v) is 2.11. The van der Waals surface area contributed by atoms with Crippen LogP contribution < -0.4 is 5.43 Å². The second-order valence-electron chi connectivity index (χ2n) is 1.70. The van der Waals surface area contributed by atoms with Crippen molar-refractivity contribution in [3.63, 3.8) is 0 Å². The van der Waals surface area contributed by atoms with Gasteiger partial charge in [-0.3, -0.25) is 4.79 Å². The second kappa shape index (κ2) is 2.59. The summed E-state index contributed by atoms with van der Waals surface area (Å²) >= 11 is 5.45. The Balaban J connectivity index is 3.38. The quantitative estimate of drug-likeness (QED) is 0.438. The van der Waals surface area contributed by atoms with E-state index in [4.69, 9.17) is 18.0 Å². The summed E-state index contributed by atoms with van der Waals surface area (Å²) in [5.74, 6) is 2.22. The molecule has 0 aromatic carbocycles. The number of hydrogen-bond acceptors (Lipinski definition) is 1. The van der Waals surface area contributed by atoms with Gasteiger partial charge >= 0.3 is 0 Å². The van der Waals surface area contributed by atoms with Crippen LogP contribution in [0.1, 0.15) is 5.56 Å². The van der Waals surface area contributed by atoms with Gasteiger partial charge in [-0.1, -0.05) is 17.5 Å². The molecule has 0 spiro atoms. The van der Waals surface area contributed by atoms with Crippen LogP contribution in [0.3, 0.4) is 0 Å². The predicted molar refractivity (Wildman–Crippen MR) is 40.0 cm³/mol. The van der Waals surface area contributed by atoms with Gasteiger partial charge in [0, 0.05) is 12.3 Å². The molecule has 0 amide bonds. The van der Waals surface area contributed by atoms with Gasteiger partial charge in [-0.15, -0.1) is 6.42 Å². The normalized spacial score (nSPS) is 8.80. The smallest absolute Gasteiger partial charge is 0.198 e. The lowest BCUT2D eigenvalue weighted by atomic mass is 10.3. The van der Waals surface area contributed by atoms with Crippen molar-refractivity contribution in [2.75, 3.05) is 0 Å². The van der Waals surface area contributed by atoms with Gasteiger partial charge in [0.1, 0.15) is 5.15 Å². The van der Waals surface area contributed by atoms with Crippen molar-refractivity contribution in [3.05, 3.63) is 33.2 Å². The molecule has 0 aliphatic carbocycles. The van der Waals surface area contributed by atoms with E-state index in [0.717, 1.165) is 0 Å². The molecule has 1 aromatic heterocycles. The van der Waals surface area contributed by atoms with Crippen LogP contribution in [0.15, 0.2) is 17.1 Å². The molecule has 0 saturated carbocycles. The molecule has 50 valence electrons. The maximum atomic E-state index is 10.8. The summed E-state index contributed by atoms with van der Waals surface area (Å²) in [7, 11) is 0. The third kappa shape index (κ3) is 1.20. The fraction of sp³-hybridized carbons (Fsp3) is 0. The van der Waals surface area contributed by atoms with E-state index < -0.39 is 0 Å². The van der Waals surface area contributed by atoms with Crippen LogP contribution in [-0.4, -0.2) is 4.98 Å². The van der Waals surface area contributed by atoms with Crippen LogP contribution in [0, 0.1) is 12.3 Å². The van der Waals surface area contributed by atoms with Gasteiger partial charge < -0.3 is 4.98 Å². The first-order valence-electron chi connectivity index (χ1n) is 2.59. The lowest BCUT2D eigenvalue weighted by Crippen LogP contribution is -2.03. The lowest BCUT2D eigenvalue weighted by Gasteiger charge is -1.88. The molecule has 0 unspecified atom stereocenters. The van der Waals surface area contributed by atoms with E-state index in [0.29, 0.717) is 10.7 Å². The molecule has 3 heteroatoms. The number of pyridine rings is 1. The highest BCUT2D eigenvalue weighted by atomic mass is 35.5. The Labute approximate surface area is 62.8 Å². The summed E-state index contributed by atoms with van der Waals surface area (Å²) in [5.41, 5.74) is 0.0654. The Bertz CT molecular complexity index is 334. The Morgan fingerprint density at radius 1 is 1.70 bits per heavy atom. The minimum atomic E-state index is -0.230. The van der Waals surface area contributed by atoms with E-state index in [1.165, 1.54) is 12.3 Å². The third-order valence-corrected chi connectivity index (χ3v) is 1.25. The minimum absolute atomic E-state index is 0.230. The Morgan fingerprint density at radius 3 is 2.90 bits per heavy atom. The van der Waals surface area contributed by atoms with Gasteiger partial charge in [-0.2, -0.15) is 0 Å². The van der Waals surface area contributed by atoms with Gasteiger partial charge in [0.2, 0.25) is 0 Å². The summed E-state index contributed by atoms with van der Waals surface area (Å²) in [5, 5.41) is 0.295. The number of rotatable bonds is 0. The Morgan fingerprint density at radius 2 is 2.40 bits per heavy atom. The summed E-state index contributed by atoms with van der Waals surface area (Å²) in [6.45, 7) is 0. The van der Waals surface area contributed by atoms with Gasteiger partial charge in [0.25, 0.3) is 0 Å². The summed E-state index contributed by atoms with van der Waals surface area (Å²) in [6.07, 6.45) is 6.40. The molecule has 10 heavy (non-hydrogen) atoms. The first-order valence-corrected chi connectivity index (χ1v) is 2.96. The van der Waals surface area contributed by atoms with Crippen LogP contribution in [0.2, 0.25) is 5.15 Å². The fourth-order valence-electron chi connectivity index (χ4n) is 0.560. The molecule has 0 aliphatic heterocycles. The number of aromatic nitrogens is 1. The van der Waals surface area contributed by atoms with Crippen molar-refractivity contribution in [3.8, 4) is 12.3 Å². The highest BCUT2D eigenvalue weighted by Gasteiger charge is 1.93. The fourth-order valence-corrected chi connectivity index (χ4v) is 0.713. The van der Waals surface area contributed by atoms with Gasteiger partial charge in [0.15, 0.2) is 5.43 Å². The zero-order chi connectivity index (χ0) is 7.56. The zero-order valence-corrected chi connectivity index (χ0v) is 5.77. The molecule has 0 atom stereocenters. The molecule has 1 rings (SSSR count). The Kier molecular flexibility index (Phi) is 1.79. The molecule has 1 aromatic rings. The molecular formula is C7H4ClNO. The number of aromatic amines is 1. The van der Waals surface area contributed by atoms with E-state index in [1.807, 2.05) is 0 Å². The minimum Gasteiger partial charge on any atom is -0.351 e. The first kappa shape index (κ1) is 6.91. The molecule has 0 fully saturated rings. The maximum Gasteiger partial charge on any atom is 0.198 e. The molecule has 0 radical (unpaired) electrons. The monoisotopic (exact) mass is 153 g/mol. The molecular weight excluding hydrogens is 150 g/mol. The predicted octanol–water partition coefficient (Wildman–Crippen LogP) is 1.01. The summed E-state index contributed by atoms with van der Waals surface area (Å²) in [4.78, 5) is 13.4.